The lowest BCUT2D eigenvalue weighted by Gasteiger charge is -2.18. The zero-order valence-corrected chi connectivity index (χ0v) is 16.8. The first-order chi connectivity index (χ1) is 15.1. The highest BCUT2D eigenvalue weighted by molar-refractivity contribution is 5.84. The minimum absolute atomic E-state index is 0.000890. The minimum Gasteiger partial charge on any atom is -0.507 e. The van der Waals surface area contributed by atoms with Gasteiger partial charge in [-0.2, -0.15) is 0 Å². The van der Waals surface area contributed by atoms with Crippen molar-refractivity contribution >= 4 is 16.9 Å². The first kappa shape index (κ1) is 20.2. The van der Waals surface area contributed by atoms with Crippen molar-refractivity contribution in [1.82, 2.24) is 0 Å². The van der Waals surface area contributed by atoms with Gasteiger partial charge in [0, 0.05) is 5.92 Å². The second-order valence-corrected chi connectivity index (χ2v) is 6.97. The van der Waals surface area contributed by atoms with E-state index in [1.807, 2.05) is 30.3 Å². The van der Waals surface area contributed by atoms with Gasteiger partial charge < -0.3 is 19.0 Å². The number of carbonyl (C=O) groups excluding carboxylic acids is 1. The molecule has 31 heavy (non-hydrogen) atoms. The lowest BCUT2D eigenvalue weighted by molar-refractivity contribution is -0.140. The number of para-hydroxylation sites is 2. The molecule has 6 heteroatoms. The van der Waals surface area contributed by atoms with Crippen LogP contribution in [0.25, 0.3) is 11.0 Å². The monoisotopic (exact) mass is 416 g/mol. The fourth-order valence-electron chi connectivity index (χ4n) is 3.51. The predicted octanol–water partition coefficient (Wildman–Crippen LogP) is 4.99. The highest BCUT2D eigenvalue weighted by atomic mass is 16.5. The van der Waals surface area contributed by atoms with Gasteiger partial charge in [0.05, 0.1) is 24.5 Å². The van der Waals surface area contributed by atoms with Crippen LogP contribution in [0, 0.1) is 0 Å². The van der Waals surface area contributed by atoms with Gasteiger partial charge in [-0.25, -0.2) is 4.79 Å². The number of rotatable bonds is 6. The maximum atomic E-state index is 12.8. The molecule has 0 aliphatic carbocycles. The van der Waals surface area contributed by atoms with Crippen molar-refractivity contribution in [3.05, 3.63) is 100 Å². The number of benzene rings is 3. The summed E-state index contributed by atoms with van der Waals surface area (Å²) in [5.74, 6) is -0.338. The highest BCUT2D eigenvalue weighted by Crippen LogP contribution is 2.37. The Morgan fingerprint density at radius 2 is 1.68 bits per heavy atom. The Hall–Kier alpha value is -4.06. The van der Waals surface area contributed by atoms with Crippen LogP contribution in [0.2, 0.25) is 0 Å². The fourth-order valence-corrected chi connectivity index (χ4v) is 3.51. The van der Waals surface area contributed by atoms with Gasteiger partial charge in [-0.1, -0.05) is 42.5 Å². The molecule has 1 heterocycles. The van der Waals surface area contributed by atoms with Crippen LogP contribution >= 0.6 is 0 Å². The van der Waals surface area contributed by atoms with Gasteiger partial charge in [0.15, 0.2) is 0 Å². The second kappa shape index (κ2) is 8.75. The summed E-state index contributed by atoms with van der Waals surface area (Å²) in [5.41, 5.74) is 0.170. The van der Waals surface area contributed by atoms with Gasteiger partial charge >= 0.3 is 11.6 Å². The number of esters is 1. The maximum Gasteiger partial charge on any atom is 0.343 e. The van der Waals surface area contributed by atoms with Gasteiger partial charge in [0.2, 0.25) is 0 Å². The van der Waals surface area contributed by atoms with Gasteiger partial charge in [-0.05, 0) is 42.0 Å². The van der Waals surface area contributed by atoms with Gasteiger partial charge in [0.1, 0.15) is 22.8 Å². The molecule has 1 N–H and O–H groups in total. The van der Waals surface area contributed by atoms with Crippen LogP contribution in [0.3, 0.4) is 0 Å². The third-order valence-electron chi connectivity index (χ3n) is 5.01. The van der Waals surface area contributed by atoms with Crippen molar-refractivity contribution in [2.75, 3.05) is 7.11 Å². The molecule has 0 aliphatic heterocycles. The normalized spacial score (nSPS) is 11.8. The Balaban J connectivity index is 1.82. The van der Waals surface area contributed by atoms with E-state index in [0.29, 0.717) is 22.4 Å². The Morgan fingerprint density at radius 3 is 2.45 bits per heavy atom. The van der Waals surface area contributed by atoms with Crippen LogP contribution in [-0.2, 0) is 9.53 Å². The van der Waals surface area contributed by atoms with Crippen molar-refractivity contribution in [2.45, 2.75) is 12.3 Å². The van der Waals surface area contributed by atoms with Crippen molar-refractivity contribution in [3.63, 3.8) is 0 Å². The van der Waals surface area contributed by atoms with E-state index in [9.17, 15) is 14.7 Å². The molecule has 1 unspecified atom stereocenters. The number of fused-ring (bicyclic) bond motifs is 1. The smallest absolute Gasteiger partial charge is 0.343 e. The van der Waals surface area contributed by atoms with Crippen LogP contribution < -0.4 is 10.4 Å². The summed E-state index contributed by atoms with van der Waals surface area (Å²) in [5, 5.41) is 11.3. The molecule has 4 aromatic rings. The molecular weight excluding hydrogens is 396 g/mol. The minimum atomic E-state index is -0.785. The molecule has 0 aliphatic rings. The predicted molar refractivity (Wildman–Crippen MR) is 116 cm³/mol. The van der Waals surface area contributed by atoms with Crippen LogP contribution in [0.15, 0.2) is 88.1 Å². The molecule has 1 aromatic heterocycles. The van der Waals surface area contributed by atoms with E-state index in [0.717, 1.165) is 0 Å². The molecule has 4 rings (SSSR count). The quantitative estimate of drug-likeness (QED) is 0.352. The van der Waals surface area contributed by atoms with Crippen molar-refractivity contribution in [1.29, 1.82) is 0 Å². The standard InChI is InChI=1S/C25H20O6/c1-29-22(26)15-20(23-24(27)19-12-5-6-13-21(19)31-25(23)28)16-8-7-11-18(14-16)30-17-9-3-2-4-10-17/h2-14,20,27H,15H2,1H3. The highest BCUT2D eigenvalue weighted by Gasteiger charge is 2.27. The topological polar surface area (TPSA) is 86.0 Å². The molecule has 0 saturated heterocycles. The van der Waals surface area contributed by atoms with E-state index in [4.69, 9.17) is 13.9 Å². The summed E-state index contributed by atoms with van der Waals surface area (Å²) >= 11 is 0. The average Bonchev–Trinajstić information content (AvgIpc) is 2.79. The SMILES string of the molecule is COC(=O)CC(c1cccc(Oc2ccccc2)c1)c1c(O)c2ccccc2oc1=O. The summed E-state index contributed by atoms with van der Waals surface area (Å²) in [7, 11) is 1.27. The summed E-state index contributed by atoms with van der Waals surface area (Å²) in [6.45, 7) is 0. The molecule has 156 valence electrons. The zero-order chi connectivity index (χ0) is 21.8. The molecule has 0 bridgehead atoms. The average molecular weight is 416 g/mol. The first-order valence-electron chi connectivity index (χ1n) is 9.71. The molecule has 0 fully saturated rings. The second-order valence-electron chi connectivity index (χ2n) is 6.97. The summed E-state index contributed by atoms with van der Waals surface area (Å²) in [6, 6.07) is 23.0. The Labute approximate surface area is 178 Å². The Kier molecular flexibility index (Phi) is 5.71. The third kappa shape index (κ3) is 4.28. The number of ether oxygens (including phenoxy) is 2. The van der Waals surface area contributed by atoms with Crippen molar-refractivity contribution in [2.24, 2.45) is 0 Å². The van der Waals surface area contributed by atoms with E-state index < -0.39 is 17.5 Å². The number of hydrogen-bond acceptors (Lipinski definition) is 6. The molecule has 0 radical (unpaired) electrons. The largest absolute Gasteiger partial charge is 0.507 e. The van der Waals surface area contributed by atoms with Crippen molar-refractivity contribution in [3.8, 4) is 17.2 Å². The number of aromatic hydroxyl groups is 1. The lowest BCUT2D eigenvalue weighted by Crippen LogP contribution is -2.18. The van der Waals surface area contributed by atoms with Crippen LogP contribution in [0.1, 0.15) is 23.5 Å². The molecule has 0 spiro atoms. The third-order valence-corrected chi connectivity index (χ3v) is 5.01. The molecule has 0 amide bonds. The molecular formula is C25H20O6. The Bertz CT molecular complexity index is 1280. The number of carbonyl (C=O) groups is 1. The summed E-state index contributed by atoms with van der Waals surface area (Å²) in [4.78, 5) is 25.0. The van der Waals surface area contributed by atoms with E-state index in [-0.39, 0.29) is 23.3 Å². The fraction of sp³-hybridized carbons (Fsp3) is 0.120. The summed E-state index contributed by atoms with van der Waals surface area (Å²) in [6.07, 6.45) is -0.151. The maximum absolute atomic E-state index is 12.8. The molecule has 3 aromatic carbocycles. The first-order valence-corrected chi connectivity index (χ1v) is 9.71. The van der Waals surface area contributed by atoms with Crippen LogP contribution in [0.4, 0.5) is 0 Å². The molecule has 6 nitrogen and oxygen atoms in total. The van der Waals surface area contributed by atoms with E-state index in [1.54, 1.807) is 48.5 Å². The Morgan fingerprint density at radius 1 is 0.968 bits per heavy atom. The van der Waals surface area contributed by atoms with E-state index >= 15 is 0 Å². The van der Waals surface area contributed by atoms with E-state index in [1.165, 1.54) is 7.11 Å². The zero-order valence-electron chi connectivity index (χ0n) is 16.8. The van der Waals surface area contributed by atoms with Crippen LogP contribution in [0.5, 0.6) is 17.2 Å². The number of hydrogen-bond donors (Lipinski definition) is 1. The van der Waals surface area contributed by atoms with Gasteiger partial charge in [0.25, 0.3) is 0 Å². The van der Waals surface area contributed by atoms with Crippen molar-refractivity contribution < 1.29 is 23.8 Å². The number of methoxy groups -OCH3 is 1. The van der Waals surface area contributed by atoms with E-state index in [2.05, 4.69) is 0 Å². The van der Waals surface area contributed by atoms with Gasteiger partial charge in [-0.15, -0.1) is 0 Å². The lowest BCUT2D eigenvalue weighted by atomic mass is 9.88. The van der Waals surface area contributed by atoms with Crippen LogP contribution in [-0.4, -0.2) is 18.2 Å². The molecule has 1 atom stereocenters. The summed E-state index contributed by atoms with van der Waals surface area (Å²) < 4.78 is 16.1. The van der Waals surface area contributed by atoms with Gasteiger partial charge in [-0.3, -0.25) is 4.79 Å². The molecule has 0 saturated carbocycles.